The van der Waals surface area contributed by atoms with Crippen LogP contribution >= 0.6 is 0 Å². The van der Waals surface area contributed by atoms with Gasteiger partial charge >= 0.3 is 0 Å². The van der Waals surface area contributed by atoms with Gasteiger partial charge in [0, 0.05) is 48.6 Å². The molecular formula is C24H20F2N4O3. The summed E-state index contributed by atoms with van der Waals surface area (Å²) in [5.41, 5.74) is 1.30. The maximum absolute atomic E-state index is 14.7. The Kier molecular flexibility index (Phi) is 5.87. The fourth-order valence-corrected chi connectivity index (χ4v) is 3.75. The third-order valence-corrected chi connectivity index (χ3v) is 5.55. The lowest BCUT2D eigenvalue weighted by Crippen LogP contribution is -2.32. The molecule has 168 valence electrons. The van der Waals surface area contributed by atoms with Gasteiger partial charge in [-0.15, -0.1) is 0 Å². The lowest BCUT2D eigenvalue weighted by molar-refractivity contribution is -0.121. The molecule has 2 aromatic carbocycles. The summed E-state index contributed by atoms with van der Waals surface area (Å²) in [6.45, 7) is 1.63. The van der Waals surface area contributed by atoms with Crippen molar-refractivity contribution < 1.29 is 18.4 Å². The van der Waals surface area contributed by atoms with Gasteiger partial charge in [0.15, 0.2) is 0 Å². The number of aromatic nitrogens is 2. The summed E-state index contributed by atoms with van der Waals surface area (Å²) in [5.74, 6) is -2.39. The first-order valence-electron chi connectivity index (χ1n) is 10.1. The number of carbonyl (C=O) groups excluding carboxylic acids is 2. The van der Waals surface area contributed by atoms with Crippen molar-refractivity contribution in [3.63, 3.8) is 0 Å². The number of rotatable bonds is 4. The molecule has 0 aliphatic carbocycles. The van der Waals surface area contributed by atoms with E-state index in [1.54, 1.807) is 6.92 Å². The van der Waals surface area contributed by atoms with Crippen LogP contribution in [0.25, 0.3) is 11.1 Å². The number of amides is 2. The van der Waals surface area contributed by atoms with Crippen LogP contribution in [-0.4, -0.2) is 21.6 Å². The van der Waals surface area contributed by atoms with E-state index in [0.717, 1.165) is 4.68 Å². The molecule has 0 fully saturated rings. The van der Waals surface area contributed by atoms with Crippen LogP contribution in [0.1, 0.15) is 23.5 Å². The molecule has 0 spiro atoms. The summed E-state index contributed by atoms with van der Waals surface area (Å²) < 4.78 is 29.2. The van der Waals surface area contributed by atoms with Gasteiger partial charge in [-0.2, -0.15) is 5.10 Å². The molecule has 0 saturated carbocycles. The Balaban J connectivity index is 1.69. The van der Waals surface area contributed by atoms with Crippen molar-refractivity contribution in [2.45, 2.75) is 19.3 Å². The minimum absolute atomic E-state index is 0.0194. The maximum Gasteiger partial charge on any atom is 0.274 e. The van der Waals surface area contributed by atoms with Crippen molar-refractivity contribution in [1.29, 1.82) is 0 Å². The monoisotopic (exact) mass is 450 g/mol. The van der Waals surface area contributed by atoms with Crippen molar-refractivity contribution in [2.24, 2.45) is 7.05 Å². The third kappa shape index (κ3) is 4.43. The first kappa shape index (κ1) is 22.1. The molecule has 4 rings (SSSR count). The van der Waals surface area contributed by atoms with E-state index >= 15 is 0 Å². The quantitative estimate of drug-likeness (QED) is 0.639. The van der Waals surface area contributed by atoms with E-state index < -0.39 is 29.0 Å². The zero-order chi connectivity index (χ0) is 23.7. The van der Waals surface area contributed by atoms with Crippen LogP contribution in [0.15, 0.2) is 65.2 Å². The lowest BCUT2D eigenvalue weighted by Gasteiger charge is -2.24. The van der Waals surface area contributed by atoms with Crippen molar-refractivity contribution in [3.8, 4) is 11.1 Å². The predicted octanol–water partition coefficient (Wildman–Crippen LogP) is 3.16. The van der Waals surface area contributed by atoms with E-state index in [1.165, 1.54) is 61.9 Å². The number of nitrogens with zero attached hydrogens (tertiary/aromatic N) is 2. The molecule has 2 N–H and O–H groups in total. The van der Waals surface area contributed by atoms with Crippen molar-refractivity contribution in [2.75, 3.05) is 5.32 Å². The van der Waals surface area contributed by atoms with E-state index in [9.17, 15) is 23.2 Å². The zero-order valence-electron chi connectivity index (χ0n) is 17.9. The van der Waals surface area contributed by atoms with Crippen LogP contribution < -0.4 is 16.2 Å². The minimum Gasteiger partial charge on any atom is -0.332 e. The van der Waals surface area contributed by atoms with E-state index in [-0.39, 0.29) is 29.0 Å². The lowest BCUT2D eigenvalue weighted by atomic mass is 9.86. The highest BCUT2D eigenvalue weighted by atomic mass is 19.1. The van der Waals surface area contributed by atoms with Gasteiger partial charge in [0.1, 0.15) is 11.6 Å². The predicted molar refractivity (Wildman–Crippen MR) is 118 cm³/mol. The van der Waals surface area contributed by atoms with Crippen LogP contribution in [0, 0.1) is 18.6 Å². The van der Waals surface area contributed by atoms with Gasteiger partial charge in [-0.05, 0) is 48.4 Å². The number of hydrogen-bond acceptors (Lipinski definition) is 4. The SMILES string of the molecule is Cc1cc(F)c(-c2ccnn(C)c2=O)cc1NC(=O)C1=CNC(=O)C[C@H]1c1ccc(F)cc1. The van der Waals surface area contributed by atoms with E-state index in [4.69, 9.17) is 0 Å². The Morgan fingerprint density at radius 1 is 1.12 bits per heavy atom. The van der Waals surface area contributed by atoms with E-state index in [2.05, 4.69) is 15.7 Å². The van der Waals surface area contributed by atoms with Gasteiger partial charge in [0.05, 0.1) is 5.56 Å². The van der Waals surface area contributed by atoms with Gasteiger partial charge in [0.25, 0.3) is 11.5 Å². The Hall–Kier alpha value is -4.14. The fraction of sp³-hybridized carbons (Fsp3) is 0.167. The number of benzene rings is 2. The van der Waals surface area contributed by atoms with Gasteiger partial charge in [-0.3, -0.25) is 14.4 Å². The van der Waals surface area contributed by atoms with Crippen LogP contribution in [-0.2, 0) is 16.6 Å². The highest BCUT2D eigenvalue weighted by Crippen LogP contribution is 2.32. The molecule has 2 amide bonds. The number of carbonyl (C=O) groups is 2. The van der Waals surface area contributed by atoms with Crippen molar-refractivity contribution in [1.82, 2.24) is 15.1 Å². The molecule has 0 radical (unpaired) electrons. The highest BCUT2D eigenvalue weighted by Gasteiger charge is 2.29. The molecule has 1 aromatic heterocycles. The molecular weight excluding hydrogens is 430 g/mol. The number of anilines is 1. The first-order valence-corrected chi connectivity index (χ1v) is 10.1. The molecule has 0 bridgehead atoms. The highest BCUT2D eigenvalue weighted by molar-refractivity contribution is 6.07. The molecule has 0 saturated heterocycles. The first-order chi connectivity index (χ1) is 15.7. The number of halogens is 2. The van der Waals surface area contributed by atoms with E-state index in [1.807, 2.05) is 0 Å². The van der Waals surface area contributed by atoms with Crippen molar-refractivity contribution in [3.05, 3.63) is 93.5 Å². The summed E-state index contributed by atoms with van der Waals surface area (Å²) in [4.78, 5) is 37.5. The zero-order valence-corrected chi connectivity index (χ0v) is 17.9. The topological polar surface area (TPSA) is 93.1 Å². The van der Waals surface area contributed by atoms with Gasteiger partial charge < -0.3 is 10.6 Å². The van der Waals surface area contributed by atoms with Crippen LogP contribution in [0.5, 0.6) is 0 Å². The van der Waals surface area contributed by atoms with Crippen LogP contribution in [0.4, 0.5) is 14.5 Å². The second-order valence-electron chi connectivity index (χ2n) is 7.75. The van der Waals surface area contributed by atoms with Crippen molar-refractivity contribution >= 4 is 17.5 Å². The number of hydrogen-bond donors (Lipinski definition) is 2. The molecule has 1 aliphatic heterocycles. The molecule has 0 unspecified atom stereocenters. The second kappa shape index (κ2) is 8.78. The average molecular weight is 450 g/mol. The number of aryl methyl sites for hydroxylation is 2. The Morgan fingerprint density at radius 2 is 1.85 bits per heavy atom. The summed E-state index contributed by atoms with van der Waals surface area (Å²) in [5, 5.41) is 9.13. The molecule has 9 heteroatoms. The maximum atomic E-state index is 14.7. The standard InChI is InChI=1S/C24H20F2N4O3/c1-13-9-20(26)18(16-7-8-28-30(2)24(16)33)10-21(13)29-23(32)19-12-27-22(31)11-17(19)14-3-5-15(25)6-4-14/h3-10,12,17H,11H2,1-2H3,(H,27,31)(H,29,32)/t17-/m0/s1. The average Bonchev–Trinajstić information content (AvgIpc) is 2.78. The normalized spacial score (nSPS) is 15.6. The van der Waals surface area contributed by atoms with E-state index in [0.29, 0.717) is 16.8 Å². The largest absolute Gasteiger partial charge is 0.332 e. The molecule has 1 aliphatic rings. The summed E-state index contributed by atoms with van der Waals surface area (Å²) in [7, 11) is 1.46. The summed E-state index contributed by atoms with van der Waals surface area (Å²) in [6.07, 6.45) is 2.73. The molecule has 7 nitrogen and oxygen atoms in total. The Bertz CT molecular complexity index is 1350. The Labute approximate surface area is 187 Å². The summed E-state index contributed by atoms with van der Waals surface area (Å²) in [6, 6.07) is 9.63. The fourth-order valence-electron chi connectivity index (χ4n) is 3.75. The molecule has 33 heavy (non-hydrogen) atoms. The Morgan fingerprint density at radius 3 is 2.58 bits per heavy atom. The third-order valence-electron chi connectivity index (χ3n) is 5.55. The molecule has 1 atom stereocenters. The molecule has 2 heterocycles. The van der Waals surface area contributed by atoms with Crippen LogP contribution in [0.2, 0.25) is 0 Å². The van der Waals surface area contributed by atoms with Gasteiger partial charge in [-0.25, -0.2) is 13.5 Å². The minimum atomic E-state index is -0.609. The number of nitrogens with one attached hydrogen (secondary N) is 2. The van der Waals surface area contributed by atoms with Crippen LogP contribution in [0.3, 0.4) is 0 Å². The smallest absolute Gasteiger partial charge is 0.274 e. The second-order valence-corrected chi connectivity index (χ2v) is 7.75. The molecule has 3 aromatic rings. The van der Waals surface area contributed by atoms with Gasteiger partial charge in [0.2, 0.25) is 5.91 Å². The van der Waals surface area contributed by atoms with Gasteiger partial charge in [-0.1, -0.05) is 12.1 Å². The summed E-state index contributed by atoms with van der Waals surface area (Å²) >= 11 is 0.